The highest BCUT2D eigenvalue weighted by molar-refractivity contribution is 5.81. The molecule has 2 aliphatic rings. The Morgan fingerprint density at radius 2 is 2.00 bits per heavy atom. The van der Waals surface area contributed by atoms with Gasteiger partial charge < -0.3 is 10.4 Å². The first-order valence-corrected chi connectivity index (χ1v) is 9.01. The smallest absolute Gasteiger partial charge is 0.225 e. The Balaban J connectivity index is 2.01. The second-order valence-corrected chi connectivity index (χ2v) is 8.30. The lowest BCUT2D eigenvalue weighted by molar-refractivity contribution is -0.130. The van der Waals surface area contributed by atoms with Gasteiger partial charge in [0.2, 0.25) is 5.91 Å². The van der Waals surface area contributed by atoms with Crippen LogP contribution in [-0.4, -0.2) is 47.7 Å². The summed E-state index contributed by atoms with van der Waals surface area (Å²) in [6.45, 7) is 10.5. The number of hydrogen-bond donors (Lipinski definition) is 2. The Bertz CT molecular complexity index is 374. The number of amides is 1. The summed E-state index contributed by atoms with van der Waals surface area (Å²) in [4.78, 5) is 14.9. The summed E-state index contributed by atoms with van der Waals surface area (Å²) in [6, 6.07) is 0.889. The van der Waals surface area contributed by atoms with E-state index in [0.717, 1.165) is 31.8 Å². The van der Waals surface area contributed by atoms with Crippen LogP contribution in [0.2, 0.25) is 0 Å². The van der Waals surface area contributed by atoms with Gasteiger partial charge in [0, 0.05) is 37.2 Å². The van der Waals surface area contributed by atoms with Gasteiger partial charge in [-0.25, -0.2) is 0 Å². The second-order valence-electron chi connectivity index (χ2n) is 8.30. The summed E-state index contributed by atoms with van der Waals surface area (Å²) in [5.74, 6) is 1.50. The number of nitrogens with zero attached hydrogens (tertiary/aromatic N) is 1. The van der Waals surface area contributed by atoms with Crippen LogP contribution in [0.3, 0.4) is 0 Å². The SMILES string of the molecule is CCC(C1CC1)N1CC(CCO)CC(NC(=O)C(C)(C)C)C1. The molecule has 1 heterocycles. The molecular formula is C18H34N2O2. The third kappa shape index (κ3) is 4.69. The van der Waals surface area contributed by atoms with Gasteiger partial charge in [-0.2, -0.15) is 0 Å². The summed E-state index contributed by atoms with van der Waals surface area (Å²) < 4.78 is 0. The largest absolute Gasteiger partial charge is 0.396 e. The van der Waals surface area contributed by atoms with Crippen molar-refractivity contribution in [3.8, 4) is 0 Å². The molecule has 1 aliphatic carbocycles. The van der Waals surface area contributed by atoms with Crippen LogP contribution in [0.1, 0.15) is 59.8 Å². The number of hydrogen-bond acceptors (Lipinski definition) is 3. The zero-order chi connectivity index (χ0) is 16.3. The molecule has 4 nitrogen and oxygen atoms in total. The highest BCUT2D eigenvalue weighted by Crippen LogP contribution is 2.38. The summed E-state index contributed by atoms with van der Waals surface area (Å²) >= 11 is 0. The van der Waals surface area contributed by atoms with Crippen LogP contribution >= 0.6 is 0 Å². The molecular weight excluding hydrogens is 276 g/mol. The van der Waals surface area contributed by atoms with Crippen molar-refractivity contribution in [3.05, 3.63) is 0 Å². The molecule has 0 spiro atoms. The number of likely N-dealkylation sites (tertiary alicyclic amines) is 1. The maximum absolute atomic E-state index is 12.3. The summed E-state index contributed by atoms with van der Waals surface area (Å²) in [5.41, 5.74) is -0.338. The molecule has 3 unspecified atom stereocenters. The van der Waals surface area contributed by atoms with Crippen molar-refractivity contribution in [2.75, 3.05) is 19.7 Å². The lowest BCUT2D eigenvalue weighted by atomic mass is 9.88. The predicted octanol–water partition coefficient (Wildman–Crippen LogP) is 2.41. The minimum absolute atomic E-state index is 0.140. The van der Waals surface area contributed by atoms with Gasteiger partial charge in [-0.3, -0.25) is 9.69 Å². The van der Waals surface area contributed by atoms with E-state index in [2.05, 4.69) is 17.1 Å². The number of rotatable bonds is 6. The van der Waals surface area contributed by atoms with E-state index in [-0.39, 0.29) is 24.0 Å². The van der Waals surface area contributed by atoms with Crippen molar-refractivity contribution in [2.24, 2.45) is 17.3 Å². The lowest BCUT2D eigenvalue weighted by Crippen LogP contribution is -2.55. The van der Waals surface area contributed by atoms with Gasteiger partial charge in [0.1, 0.15) is 0 Å². The molecule has 3 atom stereocenters. The first kappa shape index (κ1) is 17.7. The van der Waals surface area contributed by atoms with E-state index in [1.165, 1.54) is 19.3 Å². The number of carbonyl (C=O) groups excluding carboxylic acids is 1. The standard InChI is InChI=1S/C18H34N2O2/c1-5-16(14-6-7-14)20-11-13(8-9-21)10-15(12-20)19-17(22)18(2,3)4/h13-16,21H,5-12H2,1-4H3,(H,19,22). The molecule has 0 bridgehead atoms. The maximum atomic E-state index is 12.3. The monoisotopic (exact) mass is 310 g/mol. The fourth-order valence-electron chi connectivity index (χ4n) is 3.78. The average molecular weight is 310 g/mol. The minimum atomic E-state index is -0.338. The van der Waals surface area contributed by atoms with Gasteiger partial charge in [-0.05, 0) is 43.9 Å². The molecule has 22 heavy (non-hydrogen) atoms. The van der Waals surface area contributed by atoms with Gasteiger partial charge >= 0.3 is 0 Å². The predicted molar refractivity (Wildman–Crippen MR) is 89.6 cm³/mol. The van der Waals surface area contributed by atoms with Gasteiger partial charge in [0.05, 0.1) is 0 Å². The van der Waals surface area contributed by atoms with Crippen LogP contribution in [0.15, 0.2) is 0 Å². The Labute approximate surface area is 135 Å². The Kier molecular flexibility index (Phi) is 5.89. The molecule has 1 aliphatic heterocycles. The zero-order valence-electron chi connectivity index (χ0n) is 14.8. The summed E-state index contributed by atoms with van der Waals surface area (Å²) in [5, 5.41) is 12.6. The van der Waals surface area contributed by atoms with Crippen molar-refractivity contribution in [1.29, 1.82) is 0 Å². The van der Waals surface area contributed by atoms with E-state index >= 15 is 0 Å². The van der Waals surface area contributed by atoms with Gasteiger partial charge in [0.25, 0.3) is 0 Å². The van der Waals surface area contributed by atoms with Crippen molar-refractivity contribution >= 4 is 5.91 Å². The maximum Gasteiger partial charge on any atom is 0.225 e. The van der Waals surface area contributed by atoms with E-state index in [4.69, 9.17) is 0 Å². The third-order valence-corrected chi connectivity index (χ3v) is 5.17. The third-order valence-electron chi connectivity index (χ3n) is 5.17. The molecule has 0 radical (unpaired) electrons. The zero-order valence-corrected chi connectivity index (χ0v) is 14.8. The fraction of sp³-hybridized carbons (Fsp3) is 0.944. The van der Waals surface area contributed by atoms with Crippen LogP contribution < -0.4 is 5.32 Å². The van der Waals surface area contributed by atoms with E-state index in [9.17, 15) is 9.90 Å². The molecule has 1 saturated heterocycles. The van der Waals surface area contributed by atoms with Gasteiger partial charge in [-0.15, -0.1) is 0 Å². The molecule has 2 N–H and O–H groups in total. The van der Waals surface area contributed by atoms with E-state index in [1.807, 2.05) is 20.8 Å². The molecule has 4 heteroatoms. The van der Waals surface area contributed by atoms with Crippen molar-refractivity contribution in [2.45, 2.75) is 71.9 Å². The molecule has 0 aromatic carbocycles. The van der Waals surface area contributed by atoms with Crippen LogP contribution in [0.25, 0.3) is 0 Å². The van der Waals surface area contributed by atoms with Crippen LogP contribution in [0.4, 0.5) is 0 Å². The Hall–Kier alpha value is -0.610. The summed E-state index contributed by atoms with van der Waals surface area (Å²) in [7, 11) is 0. The molecule has 1 amide bonds. The first-order valence-electron chi connectivity index (χ1n) is 9.01. The van der Waals surface area contributed by atoms with Crippen LogP contribution in [0.5, 0.6) is 0 Å². The number of nitrogens with one attached hydrogen (secondary N) is 1. The van der Waals surface area contributed by atoms with Gasteiger partial charge in [0.15, 0.2) is 0 Å². The topological polar surface area (TPSA) is 52.6 Å². The normalized spacial score (nSPS) is 28.4. The van der Waals surface area contributed by atoms with E-state index < -0.39 is 0 Å². The second kappa shape index (κ2) is 7.31. The molecule has 2 rings (SSSR count). The van der Waals surface area contributed by atoms with Crippen molar-refractivity contribution in [3.63, 3.8) is 0 Å². The highest BCUT2D eigenvalue weighted by Gasteiger charge is 2.38. The van der Waals surface area contributed by atoms with Crippen molar-refractivity contribution < 1.29 is 9.90 Å². The number of aliphatic hydroxyl groups excluding tert-OH is 1. The molecule has 0 aromatic heterocycles. The highest BCUT2D eigenvalue weighted by atomic mass is 16.3. The summed E-state index contributed by atoms with van der Waals surface area (Å²) in [6.07, 6.45) is 5.76. The molecule has 0 aromatic rings. The van der Waals surface area contributed by atoms with Crippen LogP contribution in [-0.2, 0) is 4.79 Å². The molecule has 128 valence electrons. The minimum Gasteiger partial charge on any atom is -0.396 e. The first-order chi connectivity index (χ1) is 10.3. The van der Waals surface area contributed by atoms with E-state index in [0.29, 0.717) is 12.0 Å². The average Bonchev–Trinajstić information content (AvgIpc) is 3.23. The van der Waals surface area contributed by atoms with Crippen molar-refractivity contribution in [1.82, 2.24) is 10.2 Å². The van der Waals surface area contributed by atoms with Gasteiger partial charge in [-0.1, -0.05) is 27.7 Å². The Morgan fingerprint density at radius 3 is 2.50 bits per heavy atom. The number of aliphatic hydroxyl groups is 1. The number of carbonyl (C=O) groups is 1. The molecule has 2 fully saturated rings. The molecule has 1 saturated carbocycles. The quantitative estimate of drug-likeness (QED) is 0.792. The Morgan fingerprint density at radius 1 is 1.32 bits per heavy atom. The van der Waals surface area contributed by atoms with E-state index in [1.54, 1.807) is 0 Å². The van der Waals surface area contributed by atoms with Crippen LogP contribution in [0, 0.1) is 17.3 Å². The fourth-order valence-corrected chi connectivity index (χ4v) is 3.78. The number of piperidine rings is 1. The lowest BCUT2D eigenvalue weighted by Gasteiger charge is -2.42.